The van der Waals surface area contributed by atoms with E-state index < -0.39 is 0 Å². The highest BCUT2D eigenvalue weighted by Gasteiger charge is 2.09. The third-order valence-corrected chi connectivity index (χ3v) is 4.56. The molecule has 7 nitrogen and oxygen atoms in total. The van der Waals surface area contributed by atoms with Gasteiger partial charge in [-0.25, -0.2) is 9.98 Å². The molecule has 1 aromatic heterocycles. The molecule has 0 fully saturated rings. The molecule has 0 spiro atoms. The number of hydrogen-bond acceptors (Lipinski definition) is 5. The molecule has 0 saturated heterocycles. The van der Waals surface area contributed by atoms with Crippen LogP contribution in [-0.2, 0) is 13.0 Å². The average Bonchev–Trinajstić information content (AvgIpc) is 2.74. The number of ether oxygens (including phenoxy) is 2. The van der Waals surface area contributed by atoms with E-state index in [0.29, 0.717) is 6.54 Å². The lowest BCUT2D eigenvalue weighted by Crippen LogP contribution is -2.39. The summed E-state index contributed by atoms with van der Waals surface area (Å²) in [4.78, 5) is 13.3. The van der Waals surface area contributed by atoms with Gasteiger partial charge < -0.3 is 24.6 Å². The molecular weight excluding hydrogens is 366 g/mol. The van der Waals surface area contributed by atoms with Crippen molar-refractivity contribution in [3.8, 4) is 11.5 Å². The molecule has 0 amide bonds. The van der Waals surface area contributed by atoms with Crippen molar-refractivity contribution in [2.24, 2.45) is 4.99 Å². The first kappa shape index (κ1) is 22.3. The highest BCUT2D eigenvalue weighted by molar-refractivity contribution is 5.79. The van der Waals surface area contributed by atoms with Gasteiger partial charge in [-0.15, -0.1) is 0 Å². The number of benzene rings is 1. The molecule has 0 atom stereocenters. The molecule has 1 N–H and O–H groups in total. The summed E-state index contributed by atoms with van der Waals surface area (Å²) in [5.74, 6) is 3.32. The molecule has 1 aromatic carbocycles. The minimum absolute atomic E-state index is 0.604. The third-order valence-electron chi connectivity index (χ3n) is 4.56. The number of rotatable bonds is 9. The van der Waals surface area contributed by atoms with Crippen LogP contribution in [0.25, 0.3) is 0 Å². The van der Waals surface area contributed by atoms with Crippen molar-refractivity contribution in [3.05, 3.63) is 47.7 Å². The smallest absolute Gasteiger partial charge is 0.193 e. The van der Waals surface area contributed by atoms with Gasteiger partial charge in [-0.1, -0.05) is 6.07 Å². The molecule has 7 heteroatoms. The molecule has 1 heterocycles. The van der Waals surface area contributed by atoms with E-state index >= 15 is 0 Å². The zero-order chi connectivity index (χ0) is 21.2. The number of pyridine rings is 1. The Kier molecular flexibility index (Phi) is 8.58. The van der Waals surface area contributed by atoms with Gasteiger partial charge in [-0.3, -0.25) is 0 Å². The number of anilines is 1. The molecule has 0 aliphatic carbocycles. The molecule has 29 heavy (non-hydrogen) atoms. The van der Waals surface area contributed by atoms with Gasteiger partial charge in [-0.05, 0) is 48.7 Å². The first-order valence-corrected chi connectivity index (χ1v) is 9.81. The summed E-state index contributed by atoms with van der Waals surface area (Å²) in [6.45, 7) is 4.33. The maximum Gasteiger partial charge on any atom is 0.193 e. The lowest BCUT2D eigenvalue weighted by molar-refractivity contribution is 0.354. The van der Waals surface area contributed by atoms with Gasteiger partial charge in [0.1, 0.15) is 5.82 Å². The van der Waals surface area contributed by atoms with E-state index in [1.807, 2.05) is 43.4 Å². The van der Waals surface area contributed by atoms with Crippen molar-refractivity contribution < 1.29 is 9.47 Å². The van der Waals surface area contributed by atoms with Crippen molar-refractivity contribution in [1.82, 2.24) is 15.2 Å². The van der Waals surface area contributed by atoms with Gasteiger partial charge in [-0.2, -0.15) is 0 Å². The highest BCUT2D eigenvalue weighted by atomic mass is 16.5. The Morgan fingerprint density at radius 3 is 2.45 bits per heavy atom. The van der Waals surface area contributed by atoms with Gasteiger partial charge in [0, 0.05) is 40.4 Å². The number of aliphatic imine (C=N–C) groups is 1. The lowest BCUT2D eigenvalue weighted by Gasteiger charge is -2.22. The summed E-state index contributed by atoms with van der Waals surface area (Å²) in [6, 6.07) is 10.1. The molecule has 0 bridgehead atoms. The first-order valence-electron chi connectivity index (χ1n) is 9.81. The minimum Gasteiger partial charge on any atom is -0.493 e. The molecule has 0 unspecified atom stereocenters. The minimum atomic E-state index is 0.604. The molecular formula is C22H33N5O2. The van der Waals surface area contributed by atoms with Gasteiger partial charge in [0.25, 0.3) is 0 Å². The maximum atomic E-state index is 5.40. The number of likely N-dealkylation sites (N-methyl/N-ethyl adjacent to an activating group) is 1. The Morgan fingerprint density at radius 2 is 1.79 bits per heavy atom. The highest BCUT2D eigenvalue weighted by Crippen LogP contribution is 2.27. The van der Waals surface area contributed by atoms with Gasteiger partial charge in [0.05, 0.1) is 20.8 Å². The van der Waals surface area contributed by atoms with Crippen LogP contribution in [-0.4, -0.2) is 64.3 Å². The van der Waals surface area contributed by atoms with Crippen LogP contribution >= 0.6 is 0 Å². The van der Waals surface area contributed by atoms with Crippen LogP contribution in [0.1, 0.15) is 18.1 Å². The third kappa shape index (κ3) is 6.55. The first-order chi connectivity index (χ1) is 14.0. The van der Waals surface area contributed by atoms with E-state index in [0.717, 1.165) is 48.4 Å². The predicted molar refractivity (Wildman–Crippen MR) is 119 cm³/mol. The van der Waals surface area contributed by atoms with Crippen molar-refractivity contribution in [2.45, 2.75) is 19.9 Å². The number of nitrogens with one attached hydrogen (secondary N) is 1. The second kappa shape index (κ2) is 11.1. The molecule has 158 valence electrons. The molecule has 2 aromatic rings. The topological polar surface area (TPSA) is 62.2 Å². The zero-order valence-electron chi connectivity index (χ0n) is 18.4. The largest absolute Gasteiger partial charge is 0.493 e. The standard InChI is InChI=1S/C22H33N5O2/c1-7-23-22(25-16-18-10-12-24-21(15-18)26(2)3)27(4)13-11-17-8-9-19(28-5)20(14-17)29-6/h8-10,12,14-15H,7,11,13,16H2,1-6H3,(H,23,25). The predicted octanol–water partition coefficient (Wildman–Crippen LogP) is 2.80. The number of aromatic nitrogens is 1. The van der Waals surface area contributed by atoms with Gasteiger partial charge >= 0.3 is 0 Å². The molecule has 0 aliphatic rings. The van der Waals surface area contributed by atoms with E-state index in [1.165, 1.54) is 5.56 Å². The lowest BCUT2D eigenvalue weighted by atomic mass is 10.1. The molecule has 2 rings (SSSR count). The van der Waals surface area contributed by atoms with Crippen LogP contribution < -0.4 is 19.7 Å². The Morgan fingerprint density at radius 1 is 1.03 bits per heavy atom. The Hall–Kier alpha value is -2.96. The van der Waals surface area contributed by atoms with Crippen molar-refractivity contribution >= 4 is 11.8 Å². The summed E-state index contributed by atoms with van der Waals surface area (Å²) in [6.07, 6.45) is 2.70. The van der Waals surface area contributed by atoms with E-state index in [-0.39, 0.29) is 0 Å². The number of guanidine groups is 1. The van der Waals surface area contributed by atoms with Crippen molar-refractivity contribution in [3.63, 3.8) is 0 Å². The van der Waals surface area contributed by atoms with Crippen LogP contribution in [0.2, 0.25) is 0 Å². The van der Waals surface area contributed by atoms with E-state index in [1.54, 1.807) is 14.2 Å². The van der Waals surface area contributed by atoms with Crippen molar-refractivity contribution in [2.75, 3.05) is 53.4 Å². The Bertz CT molecular complexity index is 808. The van der Waals surface area contributed by atoms with Gasteiger partial charge in [0.15, 0.2) is 17.5 Å². The zero-order valence-corrected chi connectivity index (χ0v) is 18.4. The van der Waals surface area contributed by atoms with Gasteiger partial charge in [0.2, 0.25) is 0 Å². The number of nitrogens with zero attached hydrogens (tertiary/aromatic N) is 4. The van der Waals surface area contributed by atoms with Crippen molar-refractivity contribution in [1.29, 1.82) is 0 Å². The number of hydrogen-bond donors (Lipinski definition) is 1. The fourth-order valence-corrected chi connectivity index (χ4v) is 2.88. The SMILES string of the molecule is CCNC(=NCc1ccnc(N(C)C)c1)N(C)CCc1ccc(OC)c(OC)c1. The Balaban J connectivity index is 2.04. The van der Waals surface area contributed by atoms with E-state index in [2.05, 4.69) is 41.3 Å². The Labute approximate surface area is 174 Å². The summed E-state index contributed by atoms with van der Waals surface area (Å²) >= 11 is 0. The van der Waals surface area contributed by atoms with E-state index in [9.17, 15) is 0 Å². The summed E-state index contributed by atoms with van der Waals surface area (Å²) in [5, 5.41) is 3.37. The van der Waals surface area contributed by atoms with Crippen LogP contribution in [0, 0.1) is 0 Å². The fraction of sp³-hybridized carbons (Fsp3) is 0.455. The summed E-state index contributed by atoms with van der Waals surface area (Å²) in [5.41, 5.74) is 2.32. The van der Waals surface area contributed by atoms with Crippen LogP contribution in [0.3, 0.4) is 0 Å². The fourth-order valence-electron chi connectivity index (χ4n) is 2.88. The molecule has 0 radical (unpaired) electrons. The average molecular weight is 400 g/mol. The monoisotopic (exact) mass is 399 g/mol. The summed E-state index contributed by atoms with van der Waals surface area (Å²) < 4.78 is 10.7. The second-order valence-corrected chi connectivity index (χ2v) is 6.95. The molecule has 0 saturated carbocycles. The van der Waals surface area contributed by atoms with E-state index in [4.69, 9.17) is 14.5 Å². The van der Waals surface area contributed by atoms with Crippen LogP contribution in [0.5, 0.6) is 11.5 Å². The maximum absolute atomic E-state index is 5.40. The summed E-state index contributed by atoms with van der Waals surface area (Å²) in [7, 11) is 9.34. The molecule has 0 aliphatic heterocycles. The normalized spacial score (nSPS) is 11.2. The quantitative estimate of drug-likeness (QED) is 0.517. The van der Waals surface area contributed by atoms with Crippen LogP contribution in [0.4, 0.5) is 5.82 Å². The number of methoxy groups -OCH3 is 2. The second-order valence-electron chi connectivity index (χ2n) is 6.95. The van der Waals surface area contributed by atoms with Crippen LogP contribution in [0.15, 0.2) is 41.5 Å².